The predicted molar refractivity (Wildman–Crippen MR) is 120 cm³/mol. The molecule has 4 heteroatoms. The van der Waals surface area contributed by atoms with Crippen LogP contribution in [0.25, 0.3) is 0 Å². The molecule has 0 saturated carbocycles. The molecule has 1 unspecified atom stereocenters. The van der Waals surface area contributed by atoms with Crippen molar-refractivity contribution in [1.29, 1.82) is 0 Å². The van der Waals surface area contributed by atoms with Crippen LogP contribution in [0.5, 0.6) is 0 Å². The van der Waals surface area contributed by atoms with E-state index in [0.717, 1.165) is 29.2 Å². The van der Waals surface area contributed by atoms with Gasteiger partial charge in [0.2, 0.25) is 5.91 Å². The first-order valence-electron chi connectivity index (χ1n) is 9.63. The number of anilines is 2. The molecule has 0 radical (unpaired) electrons. The number of nitrogens with zero attached hydrogens (tertiary/aromatic N) is 1. The Hall–Kier alpha value is -2.72. The van der Waals surface area contributed by atoms with Gasteiger partial charge in [-0.25, -0.2) is 0 Å². The molecule has 144 valence electrons. The van der Waals surface area contributed by atoms with E-state index in [0.29, 0.717) is 0 Å². The highest BCUT2D eigenvalue weighted by molar-refractivity contribution is 8.00. The van der Waals surface area contributed by atoms with Crippen LogP contribution >= 0.6 is 11.8 Å². The second kappa shape index (κ2) is 10.00. The molecule has 0 aliphatic rings. The fourth-order valence-electron chi connectivity index (χ4n) is 3.09. The van der Waals surface area contributed by atoms with Crippen LogP contribution in [-0.4, -0.2) is 19.0 Å². The molecule has 0 aromatic heterocycles. The number of carbonyl (C=O) groups is 1. The maximum Gasteiger partial charge on any atom is 0.242 e. The van der Waals surface area contributed by atoms with E-state index < -0.39 is 0 Å². The Labute approximate surface area is 171 Å². The summed E-state index contributed by atoms with van der Waals surface area (Å²) in [6.07, 6.45) is 0. The van der Waals surface area contributed by atoms with Gasteiger partial charge in [0.1, 0.15) is 5.25 Å². The van der Waals surface area contributed by atoms with Gasteiger partial charge in [-0.3, -0.25) is 4.79 Å². The summed E-state index contributed by atoms with van der Waals surface area (Å²) in [5.41, 5.74) is 2.98. The van der Waals surface area contributed by atoms with Crippen molar-refractivity contribution < 1.29 is 4.79 Å². The van der Waals surface area contributed by atoms with Gasteiger partial charge in [-0.05, 0) is 55.8 Å². The van der Waals surface area contributed by atoms with Crippen LogP contribution in [0.4, 0.5) is 11.4 Å². The zero-order chi connectivity index (χ0) is 19.8. The van der Waals surface area contributed by atoms with Gasteiger partial charge >= 0.3 is 0 Å². The summed E-state index contributed by atoms with van der Waals surface area (Å²) >= 11 is 1.56. The second-order valence-electron chi connectivity index (χ2n) is 6.43. The summed E-state index contributed by atoms with van der Waals surface area (Å²) in [6, 6.07) is 28.0. The molecule has 0 aliphatic carbocycles. The van der Waals surface area contributed by atoms with Crippen LogP contribution in [0.15, 0.2) is 89.8 Å². The lowest BCUT2D eigenvalue weighted by atomic mass is 10.1. The van der Waals surface area contributed by atoms with Crippen molar-refractivity contribution in [3.05, 3.63) is 90.5 Å². The molecular formula is C24H26N2OS. The Morgan fingerprint density at radius 2 is 1.43 bits per heavy atom. The first-order chi connectivity index (χ1) is 13.7. The number of hydrogen-bond donors (Lipinski definition) is 1. The maximum absolute atomic E-state index is 13.1. The number of rotatable bonds is 8. The third kappa shape index (κ3) is 5.17. The van der Waals surface area contributed by atoms with Crippen LogP contribution in [0, 0.1) is 0 Å². The Balaban J connectivity index is 1.77. The van der Waals surface area contributed by atoms with Crippen LogP contribution in [0.1, 0.15) is 24.7 Å². The molecule has 3 aromatic rings. The van der Waals surface area contributed by atoms with Crippen molar-refractivity contribution >= 4 is 29.0 Å². The molecule has 28 heavy (non-hydrogen) atoms. The van der Waals surface area contributed by atoms with Gasteiger partial charge in [0.05, 0.1) is 0 Å². The zero-order valence-corrected chi connectivity index (χ0v) is 17.2. The van der Waals surface area contributed by atoms with Gasteiger partial charge in [0.15, 0.2) is 0 Å². The van der Waals surface area contributed by atoms with Gasteiger partial charge in [0, 0.05) is 29.4 Å². The predicted octanol–water partition coefficient (Wildman–Crippen LogP) is 6.00. The average Bonchev–Trinajstić information content (AvgIpc) is 2.75. The third-order valence-electron chi connectivity index (χ3n) is 4.60. The monoisotopic (exact) mass is 390 g/mol. The third-order valence-corrected chi connectivity index (χ3v) is 5.87. The molecule has 0 spiro atoms. The maximum atomic E-state index is 13.1. The van der Waals surface area contributed by atoms with E-state index in [1.165, 1.54) is 5.69 Å². The summed E-state index contributed by atoms with van der Waals surface area (Å²) in [7, 11) is 0. The summed E-state index contributed by atoms with van der Waals surface area (Å²) in [6.45, 7) is 6.22. The Bertz CT molecular complexity index is 862. The van der Waals surface area contributed by atoms with Gasteiger partial charge in [0.25, 0.3) is 0 Å². The van der Waals surface area contributed by atoms with Gasteiger partial charge in [-0.2, -0.15) is 0 Å². The van der Waals surface area contributed by atoms with E-state index in [1.807, 2.05) is 72.8 Å². The fraction of sp³-hybridized carbons (Fsp3) is 0.208. The molecule has 0 bridgehead atoms. The van der Waals surface area contributed by atoms with Crippen molar-refractivity contribution in [1.82, 2.24) is 0 Å². The molecule has 0 saturated heterocycles. The highest BCUT2D eigenvalue weighted by atomic mass is 32.2. The molecule has 0 heterocycles. The van der Waals surface area contributed by atoms with Crippen molar-refractivity contribution in [3.8, 4) is 0 Å². The molecular weight excluding hydrogens is 364 g/mol. The minimum absolute atomic E-state index is 0.0179. The molecule has 3 aromatic carbocycles. The number of amides is 1. The molecule has 0 aliphatic heterocycles. The molecule has 1 amide bonds. The Morgan fingerprint density at radius 1 is 0.857 bits per heavy atom. The van der Waals surface area contributed by atoms with E-state index in [1.54, 1.807) is 11.8 Å². The second-order valence-corrected chi connectivity index (χ2v) is 7.61. The fourth-order valence-corrected chi connectivity index (χ4v) is 4.13. The van der Waals surface area contributed by atoms with E-state index in [2.05, 4.69) is 36.2 Å². The quantitative estimate of drug-likeness (QED) is 0.478. The van der Waals surface area contributed by atoms with Gasteiger partial charge in [-0.15, -0.1) is 11.8 Å². The molecule has 1 N–H and O–H groups in total. The first kappa shape index (κ1) is 20.0. The number of hydrogen-bond acceptors (Lipinski definition) is 3. The van der Waals surface area contributed by atoms with Crippen LogP contribution in [0.2, 0.25) is 0 Å². The van der Waals surface area contributed by atoms with E-state index >= 15 is 0 Å². The minimum atomic E-state index is -0.314. The lowest BCUT2D eigenvalue weighted by Crippen LogP contribution is -2.22. The molecule has 0 fully saturated rings. The van der Waals surface area contributed by atoms with Crippen LogP contribution < -0.4 is 10.2 Å². The largest absolute Gasteiger partial charge is 0.372 e. The average molecular weight is 391 g/mol. The van der Waals surface area contributed by atoms with Crippen LogP contribution in [0.3, 0.4) is 0 Å². The van der Waals surface area contributed by atoms with Crippen molar-refractivity contribution in [3.63, 3.8) is 0 Å². The standard InChI is InChI=1S/C24H26N2OS/c1-3-26(4-2)21-17-15-20(16-18-21)25-24(27)23(19-11-7-5-8-12-19)28-22-13-9-6-10-14-22/h5-18,23H,3-4H2,1-2H3,(H,25,27). The number of nitrogens with one attached hydrogen (secondary N) is 1. The lowest BCUT2D eigenvalue weighted by Gasteiger charge is -2.21. The smallest absolute Gasteiger partial charge is 0.242 e. The van der Waals surface area contributed by atoms with E-state index in [9.17, 15) is 4.79 Å². The molecule has 1 atom stereocenters. The lowest BCUT2D eigenvalue weighted by molar-refractivity contribution is -0.115. The molecule has 3 rings (SSSR count). The van der Waals surface area contributed by atoms with Gasteiger partial charge in [-0.1, -0.05) is 48.5 Å². The number of benzene rings is 3. The van der Waals surface area contributed by atoms with Crippen molar-refractivity contribution in [2.24, 2.45) is 0 Å². The summed E-state index contributed by atoms with van der Waals surface area (Å²) in [5, 5.41) is 2.77. The van der Waals surface area contributed by atoms with Gasteiger partial charge < -0.3 is 10.2 Å². The first-order valence-corrected chi connectivity index (χ1v) is 10.5. The Kier molecular flexibility index (Phi) is 7.15. The summed E-state index contributed by atoms with van der Waals surface area (Å²) < 4.78 is 0. The minimum Gasteiger partial charge on any atom is -0.372 e. The normalized spacial score (nSPS) is 11.6. The number of carbonyl (C=O) groups excluding carboxylic acids is 1. The Morgan fingerprint density at radius 3 is 2.00 bits per heavy atom. The van der Waals surface area contributed by atoms with Crippen LogP contribution in [-0.2, 0) is 4.79 Å². The van der Waals surface area contributed by atoms with Crippen molar-refractivity contribution in [2.45, 2.75) is 24.0 Å². The van der Waals surface area contributed by atoms with E-state index in [4.69, 9.17) is 0 Å². The summed E-state index contributed by atoms with van der Waals surface area (Å²) in [5.74, 6) is -0.0179. The highest BCUT2D eigenvalue weighted by Gasteiger charge is 2.22. The highest BCUT2D eigenvalue weighted by Crippen LogP contribution is 2.36. The summed E-state index contributed by atoms with van der Waals surface area (Å²) in [4.78, 5) is 16.5. The zero-order valence-electron chi connectivity index (χ0n) is 16.3. The van der Waals surface area contributed by atoms with Crippen molar-refractivity contribution in [2.75, 3.05) is 23.3 Å². The van der Waals surface area contributed by atoms with E-state index in [-0.39, 0.29) is 11.2 Å². The number of thioether (sulfide) groups is 1. The molecule has 3 nitrogen and oxygen atoms in total. The topological polar surface area (TPSA) is 32.3 Å². The SMILES string of the molecule is CCN(CC)c1ccc(NC(=O)C(Sc2ccccc2)c2ccccc2)cc1.